The molecule has 1 saturated heterocycles. The van der Waals surface area contributed by atoms with Crippen molar-refractivity contribution >= 4 is 5.82 Å². The number of aromatic hydroxyl groups is 1. The summed E-state index contributed by atoms with van der Waals surface area (Å²) < 4.78 is 19.9. The lowest BCUT2D eigenvalue weighted by molar-refractivity contribution is 0.373. The van der Waals surface area contributed by atoms with Gasteiger partial charge in [-0.05, 0) is 51.5 Å². The molecule has 9 heteroatoms. The third kappa shape index (κ3) is 4.77. The lowest BCUT2D eigenvalue weighted by atomic mass is 10.0. The molecule has 0 saturated carbocycles. The molecule has 3 aromatic rings. The number of ether oxygens (including phenoxy) is 1. The van der Waals surface area contributed by atoms with Crippen LogP contribution in [-0.4, -0.2) is 57.1 Å². The Morgan fingerprint density at radius 2 is 1.91 bits per heavy atom. The molecule has 0 bridgehead atoms. The van der Waals surface area contributed by atoms with Crippen LogP contribution in [0.5, 0.6) is 11.6 Å². The van der Waals surface area contributed by atoms with Gasteiger partial charge in [-0.1, -0.05) is 0 Å². The number of anilines is 1. The number of aromatic nitrogens is 4. The Balaban J connectivity index is 1.54. The fourth-order valence-electron chi connectivity index (χ4n) is 3.90. The van der Waals surface area contributed by atoms with Gasteiger partial charge in [-0.3, -0.25) is 0 Å². The maximum atomic E-state index is 14.9. The molecule has 1 aliphatic rings. The van der Waals surface area contributed by atoms with Crippen molar-refractivity contribution in [2.75, 3.05) is 25.1 Å². The van der Waals surface area contributed by atoms with Crippen LogP contribution in [0.3, 0.4) is 0 Å². The van der Waals surface area contributed by atoms with Gasteiger partial charge in [-0.15, -0.1) is 10.2 Å². The molecule has 0 radical (unpaired) electrons. The topological polar surface area (TPSA) is 96.3 Å². The first-order chi connectivity index (χ1) is 15.2. The normalized spacial score (nSPS) is 16.4. The first-order valence-electron chi connectivity index (χ1n) is 10.5. The predicted octanol–water partition coefficient (Wildman–Crippen LogP) is 3.42. The highest BCUT2D eigenvalue weighted by Crippen LogP contribution is 2.35. The summed E-state index contributed by atoms with van der Waals surface area (Å²) in [5, 5.41) is 22.7. The molecule has 1 atom stereocenters. The van der Waals surface area contributed by atoms with Crippen molar-refractivity contribution in [3.05, 3.63) is 42.5 Å². The van der Waals surface area contributed by atoms with Crippen LogP contribution in [0.1, 0.15) is 27.2 Å². The molecule has 0 spiro atoms. The smallest absolute Gasteiger partial charge is 0.216 e. The third-order valence-corrected chi connectivity index (χ3v) is 5.29. The second-order valence-electron chi connectivity index (χ2n) is 8.90. The van der Waals surface area contributed by atoms with Crippen molar-refractivity contribution in [1.29, 1.82) is 0 Å². The Kier molecular flexibility index (Phi) is 5.92. The van der Waals surface area contributed by atoms with E-state index in [4.69, 9.17) is 4.74 Å². The van der Waals surface area contributed by atoms with E-state index in [1.165, 1.54) is 31.6 Å². The van der Waals surface area contributed by atoms with E-state index >= 15 is 0 Å². The summed E-state index contributed by atoms with van der Waals surface area (Å²) in [5.41, 5.74) is 1.16. The quantitative estimate of drug-likeness (QED) is 0.626. The van der Waals surface area contributed by atoms with E-state index in [1.54, 1.807) is 6.07 Å². The Morgan fingerprint density at radius 3 is 2.59 bits per heavy atom. The molecular weight excluding hydrogens is 411 g/mol. The zero-order valence-corrected chi connectivity index (χ0v) is 18.6. The lowest BCUT2D eigenvalue weighted by Gasteiger charge is -2.26. The van der Waals surface area contributed by atoms with Crippen LogP contribution in [0, 0.1) is 5.82 Å². The highest BCUT2D eigenvalue weighted by molar-refractivity contribution is 5.74. The number of rotatable bonds is 5. The molecule has 3 heterocycles. The second-order valence-corrected chi connectivity index (χ2v) is 8.90. The Bertz CT molecular complexity index is 1100. The first-order valence-corrected chi connectivity index (χ1v) is 10.5. The van der Waals surface area contributed by atoms with Gasteiger partial charge in [0.25, 0.3) is 0 Å². The van der Waals surface area contributed by atoms with E-state index < -0.39 is 5.82 Å². The first kappa shape index (κ1) is 21.9. The van der Waals surface area contributed by atoms with Crippen LogP contribution in [0.4, 0.5) is 10.2 Å². The van der Waals surface area contributed by atoms with Gasteiger partial charge in [0.05, 0.1) is 18.5 Å². The monoisotopic (exact) mass is 438 g/mol. The highest BCUT2D eigenvalue weighted by Gasteiger charge is 2.27. The predicted molar refractivity (Wildman–Crippen MR) is 120 cm³/mol. The Labute approximate surface area is 186 Å². The van der Waals surface area contributed by atoms with Gasteiger partial charge in [0, 0.05) is 41.9 Å². The maximum absolute atomic E-state index is 14.9. The van der Waals surface area contributed by atoms with Gasteiger partial charge in [-0.2, -0.15) is 0 Å². The van der Waals surface area contributed by atoms with Crippen molar-refractivity contribution in [3.63, 3.8) is 0 Å². The van der Waals surface area contributed by atoms with E-state index in [9.17, 15) is 9.50 Å². The summed E-state index contributed by atoms with van der Waals surface area (Å²) in [4.78, 5) is 10.2. The van der Waals surface area contributed by atoms with Crippen LogP contribution in [0.15, 0.2) is 36.7 Å². The number of hydrogen-bond donors (Lipinski definition) is 2. The van der Waals surface area contributed by atoms with Crippen LogP contribution in [0.25, 0.3) is 22.5 Å². The molecule has 168 valence electrons. The molecule has 1 fully saturated rings. The maximum Gasteiger partial charge on any atom is 0.216 e. The van der Waals surface area contributed by atoms with Crippen molar-refractivity contribution in [2.24, 2.45) is 0 Å². The van der Waals surface area contributed by atoms with Gasteiger partial charge in [0.1, 0.15) is 17.9 Å². The molecule has 2 N–H and O–H groups in total. The molecule has 8 nitrogen and oxygen atoms in total. The van der Waals surface area contributed by atoms with E-state index in [2.05, 4.69) is 51.2 Å². The van der Waals surface area contributed by atoms with E-state index in [-0.39, 0.29) is 22.4 Å². The van der Waals surface area contributed by atoms with Crippen molar-refractivity contribution in [2.45, 2.75) is 38.8 Å². The summed E-state index contributed by atoms with van der Waals surface area (Å²) in [6.45, 7) is 8.20. The minimum atomic E-state index is -0.542. The van der Waals surface area contributed by atoms with Crippen LogP contribution < -0.4 is 15.0 Å². The van der Waals surface area contributed by atoms with Crippen LogP contribution >= 0.6 is 0 Å². The minimum Gasteiger partial charge on any atom is -0.507 e. The fourth-order valence-corrected chi connectivity index (χ4v) is 3.90. The largest absolute Gasteiger partial charge is 0.507 e. The Hall–Kier alpha value is -3.33. The number of phenolic OH excluding ortho intramolecular Hbond substituents is 1. The van der Waals surface area contributed by atoms with Gasteiger partial charge in [0.2, 0.25) is 5.88 Å². The number of halogens is 1. The summed E-state index contributed by atoms with van der Waals surface area (Å²) >= 11 is 0. The molecule has 4 rings (SSSR count). The van der Waals surface area contributed by atoms with Crippen molar-refractivity contribution in [3.8, 4) is 34.1 Å². The molecule has 2 aromatic heterocycles. The molecular formula is C23H27FN6O2. The summed E-state index contributed by atoms with van der Waals surface area (Å²) in [6.07, 6.45) is 2.31. The number of phenols is 1. The van der Waals surface area contributed by atoms with Gasteiger partial charge in [0.15, 0.2) is 5.82 Å². The van der Waals surface area contributed by atoms with Gasteiger partial charge in [-0.25, -0.2) is 14.4 Å². The molecule has 0 unspecified atom stereocenters. The zero-order valence-electron chi connectivity index (χ0n) is 18.6. The lowest BCUT2D eigenvalue weighted by Crippen LogP contribution is -2.45. The van der Waals surface area contributed by atoms with Crippen LogP contribution in [-0.2, 0) is 0 Å². The summed E-state index contributed by atoms with van der Waals surface area (Å²) in [7, 11) is 1.47. The molecule has 1 aliphatic heterocycles. The number of nitrogens with zero attached hydrogens (tertiary/aromatic N) is 5. The number of benzene rings is 1. The molecule has 0 amide bonds. The highest BCUT2D eigenvalue weighted by atomic mass is 19.1. The van der Waals surface area contributed by atoms with Crippen LogP contribution in [0.2, 0.25) is 0 Å². The summed E-state index contributed by atoms with van der Waals surface area (Å²) in [6, 6.07) is 8.05. The average Bonchev–Trinajstić information content (AvgIpc) is 3.22. The number of nitrogens with one attached hydrogen (secondary N) is 1. The van der Waals surface area contributed by atoms with Crippen molar-refractivity contribution < 1.29 is 14.2 Å². The van der Waals surface area contributed by atoms with Gasteiger partial charge < -0.3 is 20.1 Å². The number of hydrogen-bond acceptors (Lipinski definition) is 8. The third-order valence-electron chi connectivity index (χ3n) is 5.29. The zero-order chi connectivity index (χ0) is 22.9. The SMILES string of the molecule is COc1cc(-c2cc(O)c(-c3ccc(N4CC[C@@H](NC(C)(C)C)C4)nn3)cc2F)ncn1. The molecule has 1 aromatic carbocycles. The van der Waals surface area contributed by atoms with Gasteiger partial charge >= 0.3 is 0 Å². The van der Waals surface area contributed by atoms with Crippen molar-refractivity contribution in [1.82, 2.24) is 25.5 Å². The van der Waals surface area contributed by atoms with E-state index in [1.807, 2.05) is 6.07 Å². The molecule has 0 aliphatic carbocycles. The fraction of sp³-hybridized carbons (Fsp3) is 0.391. The number of methoxy groups -OCH3 is 1. The average molecular weight is 439 g/mol. The molecule has 32 heavy (non-hydrogen) atoms. The van der Waals surface area contributed by atoms with E-state index in [0.29, 0.717) is 23.3 Å². The Morgan fingerprint density at radius 1 is 1.09 bits per heavy atom. The standard InChI is InChI=1S/C23H27FN6O2/c1-23(2,3)27-14-7-8-30(12-14)21-6-5-18(28-29-21)16-9-17(24)15(10-20(16)31)19-11-22(32-4)26-13-25-19/h5-6,9-11,13-14,27,31H,7-8,12H2,1-4H3/t14-/m1/s1. The second kappa shape index (κ2) is 8.66. The van der Waals surface area contributed by atoms with E-state index in [0.717, 1.165) is 25.3 Å². The summed E-state index contributed by atoms with van der Waals surface area (Å²) in [5.74, 6) is 0.412. The minimum absolute atomic E-state index is 0.0564.